The van der Waals surface area contributed by atoms with Gasteiger partial charge in [0.1, 0.15) is 11.6 Å². The van der Waals surface area contributed by atoms with E-state index in [0.29, 0.717) is 17.2 Å². The van der Waals surface area contributed by atoms with E-state index in [-0.39, 0.29) is 12.1 Å². The fraction of sp³-hybridized carbons (Fsp3) is 0.333. The SMILES string of the molecule is O=C(OCC1CCCCO1)c1cccnc1Sc1ccccc1. The number of hydrogen-bond acceptors (Lipinski definition) is 5. The lowest BCUT2D eigenvalue weighted by molar-refractivity contribution is -0.0301. The molecule has 0 bridgehead atoms. The van der Waals surface area contributed by atoms with Crippen molar-refractivity contribution >= 4 is 17.7 Å². The second-order valence-electron chi connectivity index (χ2n) is 5.36. The minimum absolute atomic E-state index is 0.0228. The molecule has 1 atom stereocenters. The highest BCUT2D eigenvalue weighted by Crippen LogP contribution is 2.28. The van der Waals surface area contributed by atoms with Crippen LogP contribution >= 0.6 is 11.8 Å². The molecule has 0 radical (unpaired) electrons. The molecule has 3 rings (SSSR count). The Hall–Kier alpha value is -1.85. The summed E-state index contributed by atoms with van der Waals surface area (Å²) in [4.78, 5) is 17.7. The second-order valence-corrected chi connectivity index (χ2v) is 6.42. The smallest absolute Gasteiger partial charge is 0.340 e. The maximum absolute atomic E-state index is 12.4. The van der Waals surface area contributed by atoms with Crippen molar-refractivity contribution in [2.75, 3.05) is 13.2 Å². The van der Waals surface area contributed by atoms with Gasteiger partial charge in [-0.25, -0.2) is 9.78 Å². The van der Waals surface area contributed by atoms with Crippen LogP contribution in [-0.2, 0) is 9.47 Å². The first-order valence-corrected chi connectivity index (χ1v) is 8.61. The summed E-state index contributed by atoms with van der Waals surface area (Å²) in [6.07, 6.45) is 4.88. The molecule has 1 aliphatic rings. The Morgan fingerprint density at radius 2 is 2.09 bits per heavy atom. The first-order chi connectivity index (χ1) is 11.3. The van der Waals surface area contributed by atoms with Gasteiger partial charge in [0.15, 0.2) is 0 Å². The van der Waals surface area contributed by atoms with Gasteiger partial charge in [-0.1, -0.05) is 30.0 Å². The Labute approximate surface area is 140 Å². The van der Waals surface area contributed by atoms with E-state index >= 15 is 0 Å². The van der Waals surface area contributed by atoms with Crippen LogP contribution in [0.3, 0.4) is 0 Å². The van der Waals surface area contributed by atoms with Crippen molar-refractivity contribution in [3.8, 4) is 0 Å². The molecule has 2 heterocycles. The van der Waals surface area contributed by atoms with Crippen molar-refractivity contribution in [2.45, 2.75) is 35.3 Å². The average molecular weight is 329 g/mol. The number of hydrogen-bond donors (Lipinski definition) is 0. The minimum atomic E-state index is -0.342. The van der Waals surface area contributed by atoms with Gasteiger partial charge in [0.05, 0.1) is 11.7 Å². The van der Waals surface area contributed by atoms with E-state index in [1.54, 1.807) is 18.3 Å². The van der Waals surface area contributed by atoms with Gasteiger partial charge in [0.25, 0.3) is 0 Å². The molecule has 1 saturated heterocycles. The molecule has 1 aromatic carbocycles. The highest BCUT2D eigenvalue weighted by Gasteiger charge is 2.19. The number of benzene rings is 1. The van der Waals surface area contributed by atoms with Crippen LogP contribution in [0.5, 0.6) is 0 Å². The third-order valence-electron chi connectivity index (χ3n) is 3.62. The van der Waals surface area contributed by atoms with Gasteiger partial charge in [-0.05, 0) is 43.5 Å². The molecule has 0 amide bonds. The van der Waals surface area contributed by atoms with Crippen LogP contribution in [0, 0.1) is 0 Å². The van der Waals surface area contributed by atoms with Crippen molar-refractivity contribution < 1.29 is 14.3 Å². The van der Waals surface area contributed by atoms with Crippen molar-refractivity contribution in [2.24, 2.45) is 0 Å². The quantitative estimate of drug-likeness (QED) is 0.777. The van der Waals surface area contributed by atoms with E-state index in [4.69, 9.17) is 9.47 Å². The highest BCUT2D eigenvalue weighted by atomic mass is 32.2. The number of esters is 1. The molecule has 0 N–H and O–H groups in total. The van der Waals surface area contributed by atoms with Crippen LogP contribution in [0.4, 0.5) is 0 Å². The first kappa shape index (κ1) is 16.0. The third kappa shape index (κ3) is 4.56. The van der Waals surface area contributed by atoms with Crippen molar-refractivity contribution in [3.05, 3.63) is 54.2 Å². The zero-order valence-electron chi connectivity index (χ0n) is 12.8. The summed E-state index contributed by atoms with van der Waals surface area (Å²) in [6.45, 7) is 1.06. The van der Waals surface area contributed by atoms with E-state index < -0.39 is 0 Å². The lowest BCUT2D eigenvalue weighted by Gasteiger charge is -2.22. The lowest BCUT2D eigenvalue weighted by atomic mass is 10.1. The molecule has 0 spiro atoms. The number of ether oxygens (including phenoxy) is 2. The van der Waals surface area contributed by atoms with Gasteiger partial charge >= 0.3 is 5.97 Å². The molecular weight excluding hydrogens is 310 g/mol. The predicted molar refractivity (Wildman–Crippen MR) is 88.7 cm³/mol. The molecule has 23 heavy (non-hydrogen) atoms. The molecule has 2 aromatic rings. The summed E-state index contributed by atoms with van der Waals surface area (Å²) in [5, 5.41) is 0.660. The number of carbonyl (C=O) groups excluding carboxylic acids is 1. The molecule has 1 aromatic heterocycles. The topological polar surface area (TPSA) is 48.4 Å². The Bertz CT molecular complexity index is 642. The highest BCUT2D eigenvalue weighted by molar-refractivity contribution is 7.99. The van der Waals surface area contributed by atoms with Gasteiger partial charge in [-0.2, -0.15) is 0 Å². The Morgan fingerprint density at radius 1 is 1.22 bits per heavy atom. The molecule has 4 nitrogen and oxygen atoms in total. The van der Waals surface area contributed by atoms with E-state index in [1.165, 1.54) is 11.8 Å². The average Bonchev–Trinajstić information content (AvgIpc) is 2.62. The summed E-state index contributed by atoms with van der Waals surface area (Å²) in [7, 11) is 0. The predicted octanol–water partition coefficient (Wildman–Crippen LogP) is 3.96. The monoisotopic (exact) mass is 329 g/mol. The molecule has 1 aliphatic heterocycles. The summed E-state index contributed by atoms with van der Waals surface area (Å²) < 4.78 is 11.0. The maximum atomic E-state index is 12.4. The van der Waals surface area contributed by atoms with Crippen LogP contribution in [-0.4, -0.2) is 30.3 Å². The van der Waals surface area contributed by atoms with Crippen LogP contribution < -0.4 is 0 Å². The van der Waals surface area contributed by atoms with Crippen LogP contribution in [0.1, 0.15) is 29.6 Å². The number of carbonyl (C=O) groups is 1. The fourth-order valence-corrected chi connectivity index (χ4v) is 3.30. The number of rotatable bonds is 5. The van der Waals surface area contributed by atoms with Crippen LogP contribution in [0.25, 0.3) is 0 Å². The number of aromatic nitrogens is 1. The van der Waals surface area contributed by atoms with E-state index in [0.717, 1.165) is 30.8 Å². The molecule has 5 heteroatoms. The zero-order valence-corrected chi connectivity index (χ0v) is 13.6. The largest absolute Gasteiger partial charge is 0.459 e. The number of pyridine rings is 1. The Kier molecular flexibility index (Phi) is 5.66. The molecule has 120 valence electrons. The maximum Gasteiger partial charge on any atom is 0.340 e. The van der Waals surface area contributed by atoms with E-state index in [2.05, 4.69) is 4.98 Å². The van der Waals surface area contributed by atoms with Crippen molar-refractivity contribution in [1.29, 1.82) is 0 Å². The van der Waals surface area contributed by atoms with Gasteiger partial charge < -0.3 is 9.47 Å². The van der Waals surface area contributed by atoms with Gasteiger partial charge in [-0.3, -0.25) is 0 Å². The summed E-state index contributed by atoms with van der Waals surface area (Å²) >= 11 is 1.46. The lowest BCUT2D eigenvalue weighted by Crippen LogP contribution is -2.26. The minimum Gasteiger partial charge on any atom is -0.459 e. The molecule has 0 aliphatic carbocycles. The number of nitrogens with zero attached hydrogens (tertiary/aromatic N) is 1. The van der Waals surface area contributed by atoms with E-state index in [9.17, 15) is 4.79 Å². The standard InChI is InChI=1S/C18H19NO3S/c20-18(22-13-14-7-4-5-12-21-14)16-10-6-11-19-17(16)23-15-8-2-1-3-9-15/h1-3,6,8-11,14H,4-5,7,12-13H2. The Balaban J connectivity index is 1.65. The molecular formula is C18H19NO3S. The van der Waals surface area contributed by atoms with Crippen LogP contribution in [0.2, 0.25) is 0 Å². The van der Waals surface area contributed by atoms with Gasteiger partial charge in [-0.15, -0.1) is 0 Å². The normalized spacial score (nSPS) is 17.7. The van der Waals surface area contributed by atoms with Crippen molar-refractivity contribution in [1.82, 2.24) is 4.98 Å². The second kappa shape index (κ2) is 8.13. The fourth-order valence-electron chi connectivity index (χ4n) is 2.41. The van der Waals surface area contributed by atoms with Crippen LogP contribution in [0.15, 0.2) is 58.6 Å². The Morgan fingerprint density at radius 3 is 2.87 bits per heavy atom. The van der Waals surface area contributed by atoms with Crippen molar-refractivity contribution in [3.63, 3.8) is 0 Å². The zero-order chi connectivity index (χ0) is 15.9. The molecule has 1 fully saturated rings. The van der Waals surface area contributed by atoms with E-state index in [1.807, 2.05) is 30.3 Å². The third-order valence-corrected chi connectivity index (χ3v) is 4.65. The van der Waals surface area contributed by atoms with Gasteiger partial charge in [0.2, 0.25) is 0 Å². The molecule has 1 unspecified atom stereocenters. The first-order valence-electron chi connectivity index (χ1n) is 7.79. The summed E-state index contributed by atoms with van der Waals surface area (Å²) in [6, 6.07) is 13.4. The summed E-state index contributed by atoms with van der Waals surface area (Å²) in [5.74, 6) is -0.342. The molecule has 0 saturated carbocycles. The van der Waals surface area contributed by atoms with Gasteiger partial charge in [0, 0.05) is 17.7 Å². The summed E-state index contributed by atoms with van der Waals surface area (Å²) in [5.41, 5.74) is 0.497.